The topological polar surface area (TPSA) is 27.4 Å². The molecule has 6 aromatic rings. The quantitative estimate of drug-likeness (QED) is 0.142. The Balaban J connectivity index is 0.000000186. The summed E-state index contributed by atoms with van der Waals surface area (Å²) in [4.78, 5) is 2.34. The second kappa shape index (κ2) is 16.9. The van der Waals surface area contributed by atoms with Gasteiger partial charge in [-0.2, -0.15) is 21.9 Å². The summed E-state index contributed by atoms with van der Waals surface area (Å²) in [5, 5.41) is 8.90. The van der Waals surface area contributed by atoms with E-state index in [1.807, 2.05) is 17.0 Å². The third kappa shape index (κ3) is 8.16. The highest BCUT2D eigenvalue weighted by Crippen LogP contribution is 2.16. The summed E-state index contributed by atoms with van der Waals surface area (Å²) >= 11 is 0. The van der Waals surface area contributed by atoms with Crippen molar-refractivity contribution in [2.24, 2.45) is 0 Å². The van der Waals surface area contributed by atoms with E-state index in [9.17, 15) is 0 Å². The van der Waals surface area contributed by atoms with E-state index in [1.54, 1.807) is 0 Å². The van der Waals surface area contributed by atoms with E-state index in [2.05, 4.69) is 189 Å². The van der Waals surface area contributed by atoms with E-state index in [1.165, 1.54) is 33.1 Å². The van der Waals surface area contributed by atoms with Gasteiger partial charge in [0.25, 0.3) is 0 Å². The van der Waals surface area contributed by atoms with Crippen LogP contribution in [0.5, 0.6) is 0 Å². The lowest BCUT2D eigenvalue weighted by molar-refractivity contribution is -0.698. The lowest BCUT2D eigenvalue weighted by Gasteiger charge is -2.44. The maximum absolute atomic E-state index is 8.90. The molecular weight excluding hydrogens is 571 g/mol. The van der Waals surface area contributed by atoms with Gasteiger partial charge in [0.2, 0.25) is 0 Å². The highest BCUT2D eigenvalue weighted by Gasteiger charge is 2.31. The van der Waals surface area contributed by atoms with Crippen molar-refractivity contribution in [2.75, 3.05) is 24.6 Å². The van der Waals surface area contributed by atoms with Gasteiger partial charge in [-0.15, -0.1) is 0 Å². The Hall–Kier alpha value is -5.19. The van der Waals surface area contributed by atoms with Crippen LogP contribution >= 0.6 is 0 Å². The predicted octanol–water partition coefficient (Wildman–Crippen LogP) is 6.05. The van der Waals surface area contributed by atoms with Crippen LogP contribution in [0.2, 0.25) is 0 Å². The van der Waals surface area contributed by atoms with Crippen LogP contribution in [0.4, 0.5) is 5.69 Å². The van der Waals surface area contributed by atoms with Crippen molar-refractivity contribution in [3.05, 3.63) is 181 Å². The first-order valence-corrected chi connectivity index (χ1v) is 16.7. The highest BCUT2D eigenvalue weighted by molar-refractivity contribution is 7.19. The molecule has 236 valence electrons. The first-order valence-electron chi connectivity index (χ1n) is 16.7. The van der Waals surface area contributed by atoms with Crippen molar-refractivity contribution in [1.29, 1.82) is 0 Å². The molecule has 0 fully saturated rings. The van der Waals surface area contributed by atoms with Crippen molar-refractivity contribution < 1.29 is 9.67 Å². The van der Waals surface area contributed by atoms with Crippen LogP contribution in [0.1, 0.15) is 25.0 Å². The molecule has 5 aromatic carbocycles. The molecular formula is C43H45BN2O. The van der Waals surface area contributed by atoms with Gasteiger partial charge in [-0.25, -0.2) is 4.57 Å². The molecule has 0 aliphatic carbocycles. The maximum atomic E-state index is 8.90. The van der Waals surface area contributed by atoms with E-state index < -0.39 is 6.15 Å². The lowest BCUT2D eigenvalue weighted by atomic mass is 9.13. The van der Waals surface area contributed by atoms with Crippen molar-refractivity contribution in [3.63, 3.8) is 0 Å². The standard InChI is InChI=1S/C24H20B.C19H25N2O/c1-5-13-21(14-6-1)25(22-15-7-2-8-16-22,23-17-9-3-10-18-23)24-19-11-4-12-20-24;1-3-21(4-2)19-9-7-17(8-10-19)5-6-18-11-13-20(14-12-18)15-16-22/h1-20H;5-14,22H,3-4,15-16H2,1-2H3/q-1;+1. The molecule has 0 radical (unpaired) electrons. The fraction of sp³-hybridized carbons (Fsp3) is 0.140. The zero-order chi connectivity index (χ0) is 32.7. The number of aromatic nitrogens is 1. The molecule has 0 atom stereocenters. The summed E-state index contributed by atoms with van der Waals surface area (Å²) in [6.07, 6.45) is 6.99. The molecule has 1 N–H and O–H groups in total. The molecule has 1 aromatic heterocycles. The lowest BCUT2D eigenvalue weighted by Crippen LogP contribution is -2.74. The second-order valence-electron chi connectivity index (χ2n) is 11.7. The average Bonchev–Trinajstić information content (AvgIpc) is 3.15. The van der Waals surface area contributed by atoms with Crippen LogP contribution in [0.3, 0.4) is 0 Å². The Morgan fingerprint density at radius 3 is 1.21 bits per heavy atom. The van der Waals surface area contributed by atoms with Crippen LogP contribution in [-0.4, -0.2) is 30.9 Å². The van der Waals surface area contributed by atoms with E-state index >= 15 is 0 Å². The van der Waals surface area contributed by atoms with Crippen molar-refractivity contribution >= 4 is 45.8 Å². The number of pyridine rings is 1. The molecule has 0 unspecified atom stereocenters. The molecule has 6 rings (SSSR count). The highest BCUT2D eigenvalue weighted by atomic mass is 16.3. The van der Waals surface area contributed by atoms with Gasteiger partial charge in [0.1, 0.15) is 12.8 Å². The normalized spacial score (nSPS) is 11.1. The minimum atomic E-state index is -1.22. The number of nitrogens with zero attached hydrogens (tertiary/aromatic N) is 2. The van der Waals surface area contributed by atoms with Gasteiger partial charge in [0.05, 0.1) is 0 Å². The second-order valence-corrected chi connectivity index (χ2v) is 11.7. The first kappa shape index (κ1) is 33.2. The molecule has 0 spiro atoms. The Morgan fingerprint density at radius 2 is 0.872 bits per heavy atom. The summed E-state index contributed by atoms with van der Waals surface area (Å²) in [6, 6.07) is 56.3. The average molecular weight is 617 g/mol. The molecule has 47 heavy (non-hydrogen) atoms. The Bertz CT molecular complexity index is 1610. The number of anilines is 1. The minimum Gasteiger partial charge on any atom is -0.390 e. The number of aliphatic hydroxyl groups is 1. The van der Waals surface area contributed by atoms with Gasteiger partial charge < -0.3 is 10.0 Å². The minimum absolute atomic E-state index is 0.165. The zero-order valence-corrected chi connectivity index (χ0v) is 27.6. The van der Waals surface area contributed by atoms with Crippen molar-refractivity contribution in [2.45, 2.75) is 20.4 Å². The zero-order valence-electron chi connectivity index (χ0n) is 27.6. The van der Waals surface area contributed by atoms with Crippen molar-refractivity contribution in [3.8, 4) is 0 Å². The fourth-order valence-electron chi connectivity index (χ4n) is 6.54. The number of hydrogen-bond acceptors (Lipinski definition) is 2. The van der Waals surface area contributed by atoms with Crippen LogP contribution in [0.25, 0.3) is 12.2 Å². The van der Waals surface area contributed by atoms with Crippen LogP contribution in [-0.2, 0) is 6.54 Å². The van der Waals surface area contributed by atoms with Gasteiger partial charge in [-0.3, -0.25) is 0 Å². The van der Waals surface area contributed by atoms with Crippen LogP contribution in [0.15, 0.2) is 170 Å². The fourth-order valence-corrected chi connectivity index (χ4v) is 6.54. The summed E-state index contributed by atoms with van der Waals surface area (Å²) in [6.45, 7) is 7.22. The summed E-state index contributed by atoms with van der Waals surface area (Å²) in [7, 11) is 0. The predicted molar refractivity (Wildman–Crippen MR) is 203 cm³/mol. The number of aliphatic hydroxyl groups excluding tert-OH is 1. The van der Waals surface area contributed by atoms with Crippen LogP contribution in [0, 0.1) is 0 Å². The van der Waals surface area contributed by atoms with Gasteiger partial charge in [0, 0.05) is 30.9 Å². The van der Waals surface area contributed by atoms with E-state index in [4.69, 9.17) is 5.11 Å². The molecule has 3 nitrogen and oxygen atoms in total. The Morgan fingerprint density at radius 1 is 0.511 bits per heavy atom. The molecule has 0 amide bonds. The number of rotatable bonds is 11. The number of hydrogen-bond donors (Lipinski definition) is 1. The third-order valence-corrected chi connectivity index (χ3v) is 8.96. The number of benzene rings is 5. The van der Waals surface area contributed by atoms with Gasteiger partial charge >= 0.3 is 0 Å². The summed E-state index contributed by atoms with van der Waals surface area (Å²) in [5.74, 6) is 0. The molecule has 4 heteroatoms. The molecule has 0 aliphatic heterocycles. The molecule has 0 saturated carbocycles. The largest absolute Gasteiger partial charge is 0.390 e. The molecule has 0 saturated heterocycles. The van der Waals surface area contributed by atoms with Gasteiger partial charge in [0.15, 0.2) is 18.9 Å². The van der Waals surface area contributed by atoms with E-state index in [0.717, 1.165) is 18.7 Å². The van der Waals surface area contributed by atoms with Crippen LogP contribution < -0.4 is 31.3 Å². The molecule has 0 bridgehead atoms. The summed E-state index contributed by atoms with van der Waals surface area (Å²) < 4.78 is 1.97. The van der Waals surface area contributed by atoms with E-state index in [-0.39, 0.29) is 6.61 Å². The Labute approximate surface area is 281 Å². The maximum Gasteiger partial charge on any atom is 0.171 e. The SMILES string of the molecule is CCN(CC)c1ccc(/C=C/c2cc[n+](CCO)cc2)cc1.c1ccc([B-](c2ccccc2)(c2ccccc2)c2ccccc2)cc1. The van der Waals surface area contributed by atoms with Gasteiger partial charge in [-0.05, 0) is 37.1 Å². The Kier molecular flexibility index (Phi) is 12.0. The summed E-state index contributed by atoms with van der Waals surface area (Å²) in [5.41, 5.74) is 8.98. The smallest absolute Gasteiger partial charge is 0.171 e. The van der Waals surface area contributed by atoms with Crippen molar-refractivity contribution in [1.82, 2.24) is 0 Å². The molecule has 1 heterocycles. The first-order chi connectivity index (χ1) is 23.2. The van der Waals surface area contributed by atoms with E-state index in [0.29, 0.717) is 6.54 Å². The monoisotopic (exact) mass is 616 g/mol. The molecule has 0 aliphatic rings. The van der Waals surface area contributed by atoms with Gasteiger partial charge in [-0.1, -0.05) is 146 Å². The third-order valence-electron chi connectivity index (χ3n) is 8.96.